The first kappa shape index (κ1) is 17.0. The van der Waals surface area contributed by atoms with Crippen LogP contribution in [0.5, 0.6) is 0 Å². The fourth-order valence-corrected chi connectivity index (χ4v) is 4.00. The molecule has 1 fully saturated rings. The third-order valence-electron chi connectivity index (χ3n) is 5.40. The lowest BCUT2D eigenvalue weighted by atomic mass is 9.75. The molecule has 1 aromatic heterocycles. The quantitative estimate of drug-likeness (QED) is 0.766. The molecule has 0 spiro atoms. The molecule has 0 bridgehead atoms. The molecule has 2 aromatic carbocycles. The van der Waals surface area contributed by atoms with E-state index in [9.17, 15) is 9.50 Å². The minimum absolute atomic E-state index is 0.120. The predicted octanol–water partition coefficient (Wildman–Crippen LogP) is 4.20. The Hall–Kier alpha value is -2.46. The Morgan fingerprint density at radius 3 is 2.65 bits per heavy atom. The van der Waals surface area contributed by atoms with E-state index in [0.29, 0.717) is 0 Å². The fourth-order valence-electron chi connectivity index (χ4n) is 4.00. The van der Waals surface area contributed by atoms with E-state index >= 15 is 0 Å². The van der Waals surface area contributed by atoms with Crippen LogP contribution in [0.1, 0.15) is 18.4 Å². The Morgan fingerprint density at radius 2 is 1.85 bits per heavy atom. The van der Waals surface area contributed by atoms with Crippen LogP contribution in [0, 0.1) is 11.2 Å². The van der Waals surface area contributed by atoms with Gasteiger partial charge in [-0.05, 0) is 55.2 Å². The molecule has 1 atom stereocenters. The fraction of sp³-hybridized carbons (Fsp3) is 0.318. The second-order valence-corrected chi connectivity index (χ2v) is 7.35. The van der Waals surface area contributed by atoms with Gasteiger partial charge in [-0.15, -0.1) is 0 Å². The van der Waals surface area contributed by atoms with Gasteiger partial charge in [0.1, 0.15) is 11.6 Å². The summed E-state index contributed by atoms with van der Waals surface area (Å²) in [7, 11) is 0. The molecule has 26 heavy (non-hydrogen) atoms. The number of para-hydroxylation sites is 1. The molecule has 1 aliphatic rings. The number of pyridine rings is 1. The van der Waals surface area contributed by atoms with Crippen molar-refractivity contribution in [3.63, 3.8) is 0 Å². The van der Waals surface area contributed by atoms with Gasteiger partial charge in [0.05, 0.1) is 12.1 Å². The van der Waals surface area contributed by atoms with E-state index in [1.165, 1.54) is 12.1 Å². The van der Waals surface area contributed by atoms with Crippen LogP contribution < -0.4 is 4.90 Å². The van der Waals surface area contributed by atoms with Crippen LogP contribution in [-0.2, 0) is 6.42 Å². The highest BCUT2D eigenvalue weighted by Crippen LogP contribution is 2.35. The maximum Gasteiger partial charge on any atom is 0.129 e. The maximum absolute atomic E-state index is 13.2. The van der Waals surface area contributed by atoms with E-state index in [1.807, 2.05) is 30.3 Å². The van der Waals surface area contributed by atoms with Gasteiger partial charge in [0, 0.05) is 23.9 Å². The molecule has 2 heterocycles. The summed E-state index contributed by atoms with van der Waals surface area (Å²) in [6, 6.07) is 18.9. The van der Waals surface area contributed by atoms with Gasteiger partial charge in [0.2, 0.25) is 0 Å². The van der Waals surface area contributed by atoms with Crippen LogP contribution in [0.3, 0.4) is 0 Å². The first-order valence-corrected chi connectivity index (χ1v) is 9.14. The summed E-state index contributed by atoms with van der Waals surface area (Å²) in [4.78, 5) is 7.09. The topological polar surface area (TPSA) is 36.4 Å². The van der Waals surface area contributed by atoms with E-state index in [1.54, 1.807) is 0 Å². The summed E-state index contributed by atoms with van der Waals surface area (Å²) < 4.78 is 13.2. The largest absolute Gasteiger partial charge is 0.396 e. The summed E-state index contributed by atoms with van der Waals surface area (Å²) in [5.74, 6) is 0.734. The molecule has 0 amide bonds. The molecular weight excluding hydrogens is 327 g/mol. The van der Waals surface area contributed by atoms with Crippen LogP contribution in [0.25, 0.3) is 10.9 Å². The number of aliphatic hydroxyl groups excluding tert-OH is 1. The number of nitrogens with zero attached hydrogens (tertiary/aromatic N) is 2. The molecule has 0 unspecified atom stereocenters. The van der Waals surface area contributed by atoms with Crippen molar-refractivity contribution in [2.75, 3.05) is 24.6 Å². The third kappa shape index (κ3) is 3.42. The van der Waals surface area contributed by atoms with E-state index in [0.717, 1.165) is 54.6 Å². The number of halogens is 1. The minimum atomic E-state index is -0.225. The molecule has 0 radical (unpaired) electrons. The van der Waals surface area contributed by atoms with Gasteiger partial charge in [-0.2, -0.15) is 0 Å². The smallest absolute Gasteiger partial charge is 0.129 e. The average Bonchev–Trinajstić information content (AvgIpc) is 2.69. The molecule has 1 saturated heterocycles. The van der Waals surface area contributed by atoms with Crippen LogP contribution in [0.15, 0.2) is 60.7 Å². The number of benzene rings is 2. The van der Waals surface area contributed by atoms with Crippen molar-refractivity contribution >= 4 is 16.7 Å². The Balaban J connectivity index is 1.58. The van der Waals surface area contributed by atoms with Crippen molar-refractivity contribution in [2.45, 2.75) is 19.3 Å². The van der Waals surface area contributed by atoms with Crippen molar-refractivity contribution in [2.24, 2.45) is 5.41 Å². The van der Waals surface area contributed by atoms with Gasteiger partial charge in [-0.3, -0.25) is 0 Å². The summed E-state index contributed by atoms with van der Waals surface area (Å²) in [5.41, 5.74) is 1.83. The van der Waals surface area contributed by atoms with E-state index in [2.05, 4.69) is 23.1 Å². The van der Waals surface area contributed by atoms with Crippen molar-refractivity contribution in [3.8, 4) is 0 Å². The summed E-state index contributed by atoms with van der Waals surface area (Å²) in [6.45, 7) is 1.82. The molecule has 134 valence electrons. The highest BCUT2D eigenvalue weighted by molar-refractivity contribution is 5.80. The third-order valence-corrected chi connectivity index (χ3v) is 5.40. The summed E-state index contributed by atoms with van der Waals surface area (Å²) in [5, 5.41) is 11.3. The second-order valence-electron chi connectivity index (χ2n) is 7.35. The van der Waals surface area contributed by atoms with Crippen molar-refractivity contribution in [3.05, 3.63) is 72.0 Å². The minimum Gasteiger partial charge on any atom is -0.396 e. The Morgan fingerprint density at radius 1 is 1.04 bits per heavy atom. The number of rotatable bonds is 4. The summed E-state index contributed by atoms with van der Waals surface area (Å²) >= 11 is 0. The first-order valence-electron chi connectivity index (χ1n) is 9.14. The standard InChI is InChI=1S/C22H23FN2O/c23-19-9-6-17(7-10-19)14-22(16-26)12-3-13-25(15-22)21-11-8-18-4-1-2-5-20(18)24-21/h1-2,4-11,26H,3,12-16H2/t22-/m0/s1. The van der Waals surface area contributed by atoms with Crippen LogP contribution in [0.4, 0.5) is 10.2 Å². The molecule has 4 rings (SSSR count). The van der Waals surface area contributed by atoms with Gasteiger partial charge >= 0.3 is 0 Å². The van der Waals surface area contributed by atoms with Crippen molar-refractivity contribution in [1.29, 1.82) is 0 Å². The number of aliphatic hydroxyl groups is 1. The molecule has 4 heteroatoms. The second kappa shape index (κ2) is 7.04. The van der Waals surface area contributed by atoms with E-state index < -0.39 is 0 Å². The molecule has 0 saturated carbocycles. The Bertz CT molecular complexity index is 896. The zero-order valence-electron chi connectivity index (χ0n) is 14.7. The van der Waals surface area contributed by atoms with Crippen LogP contribution >= 0.6 is 0 Å². The van der Waals surface area contributed by atoms with Gasteiger partial charge in [-0.1, -0.05) is 30.3 Å². The van der Waals surface area contributed by atoms with Gasteiger partial charge in [0.25, 0.3) is 0 Å². The normalized spacial score (nSPS) is 20.5. The SMILES string of the molecule is OC[C@]1(Cc2ccc(F)cc2)CCCN(c2ccc3ccccc3n2)C1. The lowest BCUT2D eigenvalue weighted by Crippen LogP contribution is -2.47. The lowest BCUT2D eigenvalue weighted by Gasteiger charge is -2.42. The Kier molecular flexibility index (Phi) is 4.60. The van der Waals surface area contributed by atoms with Crippen molar-refractivity contribution < 1.29 is 9.50 Å². The lowest BCUT2D eigenvalue weighted by molar-refractivity contribution is 0.105. The summed E-state index contributed by atoms with van der Waals surface area (Å²) in [6.07, 6.45) is 2.72. The molecule has 3 aromatic rings. The molecular formula is C22H23FN2O. The van der Waals surface area contributed by atoms with Gasteiger partial charge in [0.15, 0.2) is 0 Å². The van der Waals surface area contributed by atoms with Gasteiger partial charge < -0.3 is 10.0 Å². The highest BCUT2D eigenvalue weighted by Gasteiger charge is 2.35. The van der Waals surface area contributed by atoms with E-state index in [-0.39, 0.29) is 17.8 Å². The average molecular weight is 350 g/mol. The van der Waals surface area contributed by atoms with Crippen LogP contribution in [-0.4, -0.2) is 29.8 Å². The number of fused-ring (bicyclic) bond motifs is 1. The number of hydrogen-bond acceptors (Lipinski definition) is 3. The van der Waals surface area contributed by atoms with Gasteiger partial charge in [-0.25, -0.2) is 9.37 Å². The molecule has 1 N–H and O–H groups in total. The molecule has 0 aliphatic carbocycles. The van der Waals surface area contributed by atoms with Crippen LogP contribution in [0.2, 0.25) is 0 Å². The zero-order chi connectivity index (χ0) is 18.0. The van der Waals surface area contributed by atoms with Crippen molar-refractivity contribution in [1.82, 2.24) is 4.98 Å². The molecule has 1 aliphatic heterocycles. The number of aromatic nitrogens is 1. The highest BCUT2D eigenvalue weighted by atomic mass is 19.1. The Labute approximate surface area is 153 Å². The molecule has 3 nitrogen and oxygen atoms in total. The monoisotopic (exact) mass is 350 g/mol. The maximum atomic E-state index is 13.2. The zero-order valence-corrected chi connectivity index (χ0v) is 14.7. The number of anilines is 1. The number of hydrogen-bond donors (Lipinski definition) is 1. The number of piperidine rings is 1. The van der Waals surface area contributed by atoms with E-state index in [4.69, 9.17) is 4.98 Å². The first-order chi connectivity index (χ1) is 12.7. The predicted molar refractivity (Wildman–Crippen MR) is 103 cm³/mol.